The van der Waals surface area contributed by atoms with Crippen LogP contribution in [0.4, 0.5) is 16.2 Å². The monoisotopic (exact) mass is 595 g/mol. The molecule has 2 heterocycles. The Bertz CT molecular complexity index is 1510. The first-order valence-corrected chi connectivity index (χ1v) is 16.3. The second kappa shape index (κ2) is 13.9. The number of sulfonamides is 1. The van der Waals surface area contributed by atoms with Crippen molar-refractivity contribution in [1.82, 2.24) is 15.2 Å². The van der Waals surface area contributed by atoms with Crippen LogP contribution in [0.5, 0.6) is 11.5 Å². The maximum Gasteiger partial charge on any atom is 0.322 e. The van der Waals surface area contributed by atoms with E-state index >= 15 is 0 Å². The fraction of sp³-hybridized carbons (Fsp3) is 0.419. The van der Waals surface area contributed by atoms with Gasteiger partial charge in [0, 0.05) is 44.1 Å². The van der Waals surface area contributed by atoms with Crippen molar-refractivity contribution < 1.29 is 17.9 Å². The molecule has 4 rings (SSSR count). The number of rotatable bonds is 11. The lowest BCUT2D eigenvalue weighted by Gasteiger charge is -2.34. The molecule has 226 valence electrons. The van der Waals surface area contributed by atoms with E-state index in [-0.39, 0.29) is 17.6 Å². The standard InChI is InChI=1S/C31H41N5O5S/c1-5-6-17-36(29-23(3)22(2)20-32-30(29)37)31(38)33-25-15-18-35(19-16-25)21-24-7-11-27(12-8-24)41-28-13-9-26(10-14-28)34-42(4,39)40/h7-14,20,25,34H,5-6,15-19,21H2,1-4H3,(H,32,37)(H,33,38). The molecular formula is C31H41N5O5S. The summed E-state index contributed by atoms with van der Waals surface area (Å²) in [6.45, 7) is 8.91. The first-order chi connectivity index (χ1) is 20.0. The van der Waals surface area contributed by atoms with Gasteiger partial charge < -0.3 is 15.0 Å². The van der Waals surface area contributed by atoms with Crippen molar-refractivity contribution in [3.63, 3.8) is 0 Å². The second-order valence-electron chi connectivity index (χ2n) is 10.9. The number of unbranched alkanes of at least 4 members (excludes halogenated alkanes) is 1. The zero-order valence-electron chi connectivity index (χ0n) is 24.8. The number of aromatic amines is 1. The van der Waals surface area contributed by atoms with Gasteiger partial charge in [0.15, 0.2) is 0 Å². The van der Waals surface area contributed by atoms with Crippen LogP contribution in [0.15, 0.2) is 59.5 Å². The minimum atomic E-state index is -3.32. The summed E-state index contributed by atoms with van der Waals surface area (Å²) in [4.78, 5) is 32.8. The van der Waals surface area contributed by atoms with Crippen LogP contribution in [-0.4, -0.2) is 56.3 Å². The molecule has 0 bridgehead atoms. The molecule has 0 aliphatic carbocycles. The van der Waals surface area contributed by atoms with Crippen molar-refractivity contribution in [3.05, 3.63) is 81.8 Å². The number of benzene rings is 2. The van der Waals surface area contributed by atoms with E-state index in [0.717, 1.165) is 68.3 Å². The van der Waals surface area contributed by atoms with E-state index in [1.165, 1.54) is 0 Å². The number of carbonyl (C=O) groups is 1. The zero-order chi connectivity index (χ0) is 30.3. The first-order valence-electron chi connectivity index (χ1n) is 14.4. The molecule has 1 aromatic heterocycles. The molecule has 0 spiro atoms. The quantitative estimate of drug-likeness (QED) is 0.282. The van der Waals surface area contributed by atoms with Gasteiger partial charge in [0.1, 0.15) is 17.2 Å². The molecule has 11 heteroatoms. The molecule has 0 unspecified atom stereocenters. The molecule has 1 saturated heterocycles. The minimum absolute atomic E-state index is 0.0527. The highest BCUT2D eigenvalue weighted by Gasteiger charge is 2.26. The maximum atomic E-state index is 13.3. The summed E-state index contributed by atoms with van der Waals surface area (Å²) in [6, 6.07) is 14.5. The largest absolute Gasteiger partial charge is 0.457 e. The van der Waals surface area contributed by atoms with Crippen LogP contribution in [-0.2, 0) is 16.6 Å². The molecule has 10 nitrogen and oxygen atoms in total. The van der Waals surface area contributed by atoms with Crippen molar-refractivity contribution in [2.24, 2.45) is 0 Å². The van der Waals surface area contributed by atoms with Crippen LogP contribution < -0.4 is 25.2 Å². The van der Waals surface area contributed by atoms with Crippen molar-refractivity contribution in [2.45, 2.75) is 59.0 Å². The molecule has 1 aliphatic heterocycles. The minimum Gasteiger partial charge on any atom is -0.457 e. The molecule has 0 atom stereocenters. The summed E-state index contributed by atoms with van der Waals surface area (Å²) >= 11 is 0. The number of piperidine rings is 1. The number of aromatic nitrogens is 1. The van der Waals surface area contributed by atoms with Crippen molar-refractivity contribution >= 4 is 27.4 Å². The lowest BCUT2D eigenvalue weighted by molar-refractivity contribution is 0.188. The molecule has 3 N–H and O–H groups in total. The average Bonchev–Trinajstić information content (AvgIpc) is 2.95. The average molecular weight is 596 g/mol. The van der Waals surface area contributed by atoms with Gasteiger partial charge in [-0.05, 0) is 86.2 Å². The third kappa shape index (κ3) is 8.59. The number of nitrogens with one attached hydrogen (secondary N) is 3. The van der Waals surface area contributed by atoms with Gasteiger partial charge in [-0.1, -0.05) is 25.5 Å². The van der Waals surface area contributed by atoms with Crippen LogP contribution in [0.1, 0.15) is 49.3 Å². The van der Waals surface area contributed by atoms with Crippen LogP contribution in [0.2, 0.25) is 0 Å². The molecular weight excluding hydrogens is 554 g/mol. The number of ether oxygens (including phenoxy) is 1. The van der Waals surface area contributed by atoms with Crippen LogP contribution in [0.3, 0.4) is 0 Å². The number of aryl methyl sites for hydroxylation is 1. The van der Waals surface area contributed by atoms with E-state index in [4.69, 9.17) is 4.74 Å². The summed E-state index contributed by atoms with van der Waals surface area (Å²) in [5.41, 5.74) is 3.62. The van der Waals surface area contributed by atoms with Crippen LogP contribution in [0.25, 0.3) is 0 Å². The molecule has 3 aromatic rings. The molecule has 2 aromatic carbocycles. The van der Waals surface area contributed by atoms with Gasteiger partial charge in [0.25, 0.3) is 5.56 Å². The molecule has 2 amide bonds. The Morgan fingerprint density at radius 3 is 2.26 bits per heavy atom. The van der Waals surface area contributed by atoms with Crippen molar-refractivity contribution in [2.75, 3.05) is 35.5 Å². The van der Waals surface area contributed by atoms with E-state index in [0.29, 0.717) is 29.4 Å². The highest BCUT2D eigenvalue weighted by atomic mass is 32.2. The van der Waals surface area contributed by atoms with E-state index in [2.05, 4.69) is 26.8 Å². The number of carbonyl (C=O) groups excluding carboxylic acids is 1. The number of hydrogen-bond acceptors (Lipinski definition) is 6. The van der Waals surface area contributed by atoms with Gasteiger partial charge in [-0.15, -0.1) is 0 Å². The van der Waals surface area contributed by atoms with Crippen LogP contribution in [0, 0.1) is 13.8 Å². The lowest BCUT2D eigenvalue weighted by Crippen LogP contribution is -2.50. The number of H-pyrrole nitrogens is 1. The predicted octanol–water partition coefficient (Wildman–Crippen LogP) is 5.14. The zero-order valence-corrected chi connectivity index (χ0v) is 25.6. The Balaban J connectivity index is 1.28. The third-order valence-corrected chi connectivity index (χ3v) is 8.08. The Kier molecular flexibility index (Phi) is 10.3. The smallest absolute Gasteiger partial charge is 0.322 e. The Hall–Kier alpha value is -3.83. The predicted molar refractivity (Wildman–Crippen MR) is 167 cm³/mol. The molecule has 0 radical (unpaired) electrons. The number of likely N-dealkylation sites (tertiary alicyclic amines) is 1. The number of amides is 2. The normalized spacial score (nSPS) is 14.4. The molecule has 0 saturated carbocycles. The summed E-state index contributed by atoms with van der Waals surface area (Å²) in [6.07, 6.45) is 6.21. The van der Waals surface area contributed by atoms with Gasteiger partial charge >= 0.3 is 6.03 Å². The molecule has 1 fully saturated rings. The van der Waals surface area contributed by atoms with Gasteiger partial charge in [0.05, 0.1) is 6.26 Å². The highest BCUT2D eigenvalue weighted by Crippen LogP contribution is 2.25. The first kappa shape index (κ1) is 31.1. The summed E-state index contributed by atoms with van der Waals surface area (Å²) < 4.78 is 31.1. The molecule has 42 heavy (non-hydrogen) atoms. The highest BCUT2D eigenvalue weighted by molar-refractivity contribution is 7.92. The topological polar surface area (TPSA) is 124 Å². The van der Waals surface area contributed by atoms with Gasteiger partial charge in [-0.25, -0.2) is 13.2 Å². The summed E-state index contributed by atoms with van der Waals surface area (Å²) in [7, 11) is -3.32. The number of urea groups is 1. The number of anilines is 2. The van der Waals surface area contributed by atoms with E-state index < -0.39 is 10.0 Å². The lowest BCUT2D eigenvalue weighted by atomic mass is 10.0. The summed E-state index contributed by atoms with van der Waals surface area (Å²) in [5, 5.41) is 3.19. The second-order valence-corrected chi connectivity index (χ2v) is 12.7. The van der Waals surface area contributed by atoms with E-state index in [9.17, 15) is 18.0 Å². The number of pyridine rings is 1. The third-order valence-electron chi connectivity index (χ3n) is 7.47. The summed E-state index contributed by atoms with van der Waals surface area (Å²) in [5.74, 6) is 1.31. The maximum absolute atomic E-state index is 13.3. The van der Waals surface area contributed by atoms with Gasteiger partial charge in [-0.3, -0.25) is 19.3 Å². The number of hydrogen-bond donors (Lipinski definition) is 3. The Morgan fingerprint density at radius 2 is 1.67 bits per heavy atom. The number of nitrogens with zero attached hydrogens (tertiary/aromatic N) is 2. The van der Waals surface area contributed by atoms with Gasteiger partial charge in [-0.2, -0.15) is 0 Å². The van der Waals surface area contributed by atoms with E-state index in [1.54, 1.807) is 35.4 Å². The molecule has 1 aliphatic rings. The fourth-order valence-corrected chi connectivity index (χ4v) is 5.58. The van der Waals surface area contributed by atoms with Crippen molar-refractivity contribution in [3.8, 4) is 11.5 Å². The van der Waals surface area contributed by atoms with Crippen molar-refractivity contribution in [1.29, 1.82) is 0 Å². The SMILES string of the molecule is CCCCN(C(=O)NC1CCN(Cc2ccc(Oc3ccc(NS(C)(=O)=O)cc3)cc2)CC1)c1c(C)c(C)c[nH]c1=O. The Morgan fingerprint density at radius 1 is 1.05 bits per heavy atom. The van der Waals surface area contributed by atoms with Gasteiger partial charge in [0.2, 0.25) is 10.0 Å². The fourth-order valence-electron chi connectivity index (χ4n) is 5.01. The van der Waals surface area contributed by atoms with E-state index in [1.807, 2.05) is 38.1 Å². The Labute approximate surface area is 248 Å². The van der Waals surface area contributed by atoms with Crippen LogP contribution >= 0.6 is 0 Å².